The first-order valence-electron chi connectivity index (χ1n) is 7.41. The van der Waals surface area contributed by atoms with Crippen LogP contribution >= 0.6 is 0 Å². The number of aromatic nitrogens is 1. The summed E-state index contributed by atoms with van der Waals surface area (Å²) in [5.41, 5.74) is 1.75. The number of benzene rings is 1. The van der Waals surface area contributed by atoms with Gasteiger partial charge in [-0.05, 0) is 17.5 Å². The summed E-state index contributed by atoms with van der Waals surface area (Å²) in [6, 6.07) is 9.17. The number of carbonyl (C=O) groups excluding carboxylic acids is 1. The van der Waals surface area contributed by atoms with Crippen molar-refractivity contribution in [2.45, 2.75) is 46.0 Å². The Kier molecular flexibility index (Phi) is 4.54. The van der Waals surface area contributed by atoms with Crippen molar-refractivity contribution in [2.24, 2.45) is 0 Å². The fraction of sp³-hybridized carbons (Fsp3) is 0.412. The molecular formula is C17H23N3O2. The number of rotatable bonds is 3. The van der Waals surface area contributed by atoms with Crippen LogP contribution < -0.4 is 10.6 Å². The molecule has 0 unspecified atom stereocenters. The number of hydrogen-bond acceptors (Lipinski definition) is 3. The number of nitrogens with one attached hydrogen (secondary N) is 2. The smallest absolute Gasteiger partial charge is 0.324 e. The highest BCUT2D eigenvalue weighted by Crippen LogP contribution is 2.25. The van der Waals surface area contributed by atoms with Crippen LogP contribution in [0.4, 0.5) is 16.3 Å². The van der Waals surface area contributed by atoms with E-state index in [4.69, 9.17) is 4.52 Å². The van der Waals surface area contributed by atoms with Crippen LogP contribution in [0.5, 0.6) is 0 Å². The second kappa shape index (κ2) is 6.22. The number of amides is 2. The molecule has 0 fully saturated rings. The van der Waals surface area contributed by atoms with Gasteiger partial charge in [-0.3, -0.25) is 5.32 Å². The van der Waals surface area contributed by atoms with Gasteiger partial charge in [-0.25, -0.2) is 4.79 Å². The van der Waals surface area contributed by atoms with Crippen molar-refractivity contribution in [3.8, 4) is 0 Å². The van der Waals surface area contributed by atoms with Crippen molar-refractivity contribution in [3.63, 3.8) is 0 Å². The molecular weight excluding hydrogens is 278 g/mol. The maximum atomic E-state index is 12.1. The van der Waals surface area contributed by atoms with E-state index in [2.05, 4.69) is 29.6 Å². The zero-order valence-corrected chi connectivity index (χ0v) is 13.7. The Balaban J connectivity index is 2.06. The summed E-state index contributed by atoms with van der Waals surface area (Å²) in [7, 11) is 0. The van der Waals surface area contributed by atoms with E-state index in [9.17, 15) is 4.79 Å². The maximum Gasteiger partial charge on any atom is 0.324 e. The molecule has 0 aliphatic heterocycles. The summed E-state index contributed by atoms with van der Waals surface area (Å²) in [4.78, 5) is 12.1. The molecule has 2 N–H and O–H groups in total. The van der Waals surface area contributed by atoms with Gasteiger partial charge >= 0.3 is 6.03 Å². The zero-order valence-electron chi connectivity index (χ0n) is 13.7. The van der Waals surface area contributed by atoms with E-state index in [1.165, 1.54) is 0 Å². The number of anilines is 2. The van der Waals surface area contributed by atoms with Gasteiger partial charge in [-0.2, -0.15) is 0 Å². The summed E-state index contributed by atoms with van der Waals surface area (Å²) in [6.45, 7) is 10.3. The summed E-state index contributed by atoms with van der Waals surface area (Å²) >= 11 is 0. The molecule has 2 aromatic rings. The van der Waals surface area contributed by atoms with Crippen molar-refractivity contribution in [3.05, 3.63) is 41.7 Å². The van der Waals surface area contributed by atoms with Crippen LogP contribution in [0.1, 0.15) is 51.9 Å². The molecule has 0 bridgehead atoms. The second-order valence-electron chi connectivity index (χ2n) is 6.65. The van der Waals surface area contributed by atoms with Gasteiger partial charge in [-0.15, -0.1) is 0 Å². The SMILES string of the molecule is CC(C)c1ccccc1NC(=O)Nc1cc(C(C)(C)C)on1. The molecule has 0 atom stereocenters. The third kappa shape index (κ3) is 3.87. The Morgan fingerprint density at radius 3 is 2.45 bits per heavy atom. The zero-order chi connectivity index (χ0) is 16.3. The van der Waals surface area contributed by atoms with E-state index in [1.807, 2.05) is 45.0 Å². The summed E-state index contributed by atoms with van der Waals surface area (Å²) in [5, 5.41) is 9.43. The first kappa shape index (κ1) is 16.1. The van der Waals surface area contributed by atoms with Gasteiger partial charge in [0, 0.05) is 17.2 Å². The second-order valence-corrected chi connectivity index (χ2v) is 6.65. The predicted octanol–water partition coefficient (Wildman–Crippen LogP) is 4.74. The number of hydrogen-bond donors (Lipinski definition) is 2. The number of carbonyl (C=O) groups is 1. The molecule has 1 aromatic heterocycles. The quantitative estimate of drug-likeness (QED) is 0.860. The van der Waals surface area contributed by atoms with E-state index in [1.54, 1.807) is 6.07 Å². The first-order chi connectivity index (χ1) is 10.3. The summed E-state index contributed by atoms with van der Waals surface area (Å²) in [5.74, 6) is 1.46. The molecule has 0 radical (unpaired) electrons. The van der Waals surface area contributed by atoms with Crippen LogP contribution in [0.25, 0.3) is 0 Å². The minimum absolute atomic E-state index is 0.145. The molecule has 0 spiro atoms. The van der Waals surface area contributed by atoms with E-state index in [0.29, 0.717) is 11.7 Å². The molecule has 1 heterocycles. The Hall–Kier alpha value is -2.30. The Labute approximate surface area is 131 Å². The average Bonchev–Trinajstić information content (AvgIpc) is 2.87. The van der Waals surface area contributed by atoms with Gasteiger partial charge in [0.15, 0.2) is 5.82 Å². The molecule has 1 aromatic carbocycles. The monoisotopic (exact) mass is 301 g/mol. The van der Waals surface area contributed by atoms with Crippen LogP contribution in [-0.2, 0) is 5.41 Å². The van der Waals surface area contributed by atoms with Crippen molar-refractivity contribution in [2.75, 3.05) is 10.6 Å². The fourth-order valence-electron chi connectivity index (χ4n) is 2.07. The van der Waals surface area contributed by atoms with Crippen molar-refractivity contribution >= 4 is 17.5 Å². The predicted molar refractivity (Wildman–Crippen MR) is 88.4 cm³/mol. The van der Waals surface area contributed by atoms with E-state index < -0.39 is 0 Å². The molecule has 5 nitrogen and oxygen atoms in total. The van der Waals surface area contributed by atoms with E-state index in [-0.39, 0.29) is 11.4 Å². The van der Waals surface area contributed by atoms with Gasteiger partial charge in [0.2, 0.25) is 0 Å². The van der Waals surface area contributed by atoms with E-state index in [0.717, 1.165) is 17.0 Å². The molecule has 118 valence electrons. The first-order valence-corrected chi connectivity index (χ1v) is 7.41. The lowest BCUT2D eigenvalue weighted by Crippen LogP contribution is -2.20. The lowest BCUT2D eigenvalue weighted by atomic mass is 9.93. The van der Waals surface area contributed by atoms with Gasteiger partial charge in [0.1, 0.15) is 5.76 Å². The number of urea groups is 1. The van der Waals surface area contributed by atoms with Crippen LogP contribution in [0.15, 0.2) is 34.9 Å². The van der Waals surface area contributed by atoms with Crippen LogP contribution in [0, 0.1) is 0 Å². The number of para-hydroxylation sites is 1. The minimum Gasteiger partial charge on any atom is -0.359 e. The lowest BCUT2D eigenvalue weighted by Gasteiger charge is -2.13. The van der Waals surface area contributed by atoms with Crippen molar-refractivity contribution in [1.82, 2.24) is 5.16 Å². The average molecular weight is 301 g/mol. The molecule has 0 aliphatic rings. The highest BCUT2D eigenvalue weighted by Gasteiger charge is 2.20. The van der Waals surface area contributed by atoms with E-state index >= 15 is 0 Å². The van der Waals surface area contributed by atoms with Crippen LogP contribution in [0.2, 0.25) is 0 Å². The fourth-order valence-corrected chi connectivity index (χ4v) is 2.07. The molecule has 5 heteroatoms. The van der Waals surface area contributed by atoms with Gasteiger partial charge in [0.05, 0.1) is 0 Å². The minimum atomic E-state index is -0.332. The molecule has 0 saturated heterocycles. The summed E-state index contributed by atoms with van der Waals surface area (Å²) in [6.07, 6.45) is 0. The Morgan fingerprint density at radius 1 is 1.18 bits per heavy atom. The highest BCUT2D eigenvalue weighted by atomic mass is 16.5. The number of nitrogens with zero attached hydrogens (tertiary/aromatic N) is 1. The van der Waals surface area contributed by atoms with Crippen LogP contribution in [0.3, 0.4) is 0 Å². The van der Waals surface area contributed by atoms with Crippen molar-refractivity contribution < 1.29 is 9.32 Å². The molecule has 22 heavy (non-hydrogen) atoms. The lowest BCUT2D eigenvalue weighted by molar-refractivity contribution is 0.262. The standard InChI is InChI=1S/C17H23N3O2/c1-11(2)12-8-6-7-9-13(12)18-16(21)19-15-10-14(22-20-15)17(3,4)5/h6-11H,1-5H3,(H2,18,19,20,21). The van der Waals surface area contributed by atoms with Gasteiger partial charge < -0.3 is 9.84 Å². The topological polar surface area (TPSA) is 67.2 Å². The Morgan fingerprint density at radius 2 is 1.86 bits per heavy atom. The third-order valence-corrected chi connectivity index (χ3v) is 3.32. The maximum absolute atomic E-state index is 12.1. The molecule has 0 saturated carbocycles. The molecule has 2 rings (SSSR count). The highest BCUT2D eigenvalue weighted by molar-refractivity contribution is 5.99. The van der Waals surface area contributed by atoms with Crippen LogP contribution in [-0.4, -0.2) is 11.2 Å². The van der Waals surface area contributed by atoms with Gasteiger partial charge in [-0.1, -0.05) is 58.0 Å². The Bertz CT molecular complexity index is 654. The largest absolute Gasteiger partial charge is 0.359 e. The van der Waals surface area contributed by atoms with Crippen molar-refractivity contribution in [1.29, 1.82) is 0 Å². The molecule has 0 aliphatic carbocycles. The third-order valence-electron chi connectivity index (χ3n) is 3.32. The normalized spacial score (nSPS) is 11.5. The summed E-state index contributed by atoms with van der Waals surface area (Å²) < 4.78 is 5.25. The van der Waals surface area contributed by atoms with Gasteiger partial charge in [0.25, 0.3) is 0 Å². The molecule has 2 amide bonds.